The lowest BCUT2D eigenvalue weighted by atomic mass is 10.0. The summed E-state index contributed by atoms with van der Waals surface area (Å²) in [5.41, 5.74) is 2.37. The Morgan fingerprint density at radius 1 is 1.03 bits per heavy atom. The average molecular weight is 616 g/mol. The monoisotopic (exact) mass is 616 g/mol. The number of fused-ring (bicyclic) bond motifs is 1. The molecule has 3 N–H and O–H groups in total. The summed E-state index contributed by atoms with van der Waals surface area (Å²) >= 11 is 2.00. The number of carboxylic acids is 1. The van der Waals surface area contributed by atoms with Crippen LogP contribution in [0.3, 0.4) is 0 Å². The Bertz CT molecular complexity index is 1550. The van der Waals surface area contributed by atoms with Gasteiger partial charge in [0.1, 0.15) is 16.5 Å². The highest BCUT2D eigenvalue weighted by Crippen LogP contribution is 2.26. The Morgan fingerprint density at radius 3 is 2.47 bits per heavy atom. The molecule has 0 aliphatic heterocycles. The summed E-state index contributed by atoms with van der Waals surface area (Å²) in [7, 11) is -4.16. The first kappa shape index (κ1) is 25.5. The summed E-state index contributed by atoms with van der Waals surface area (Å²) < 4.78 is 29.7. The number of halogens is 1. The Labute approximate surface area is 221 Å². The maximum Gasteiger partial charge on any atom is 0.326 e. The van der Waals surface area contributed by atoms with Crippen LogP contribution in [-0.4, -0.2) is 41.4 Å². The molecule has 0 aliphatic rings. The van der Waals surface area contributed by atoms with Gasteiger partial charge in [-0.3, -0.25) is 19.5 Å². The Balaban J connectivity index is 1.63. The van der Waals surface area contributed by atoms with Gasteiger partial charge in [0.25, 0.3) is 15.9 Å². The van der Waals surface area contributed by atoms with Crippen LogP contribution >= 0.6 is 22.6 Å². The Hall–Kier alpha value is -3.58. The second-order valence-electron chi connectivity index (χ2n) is 8.03. The van der Waals surface area contributed by atoms with E-state index in [1.54, 1.807) is 30.3 Å². The number of amides is 1. The molecule has 1 heterocycles. The molecule has 0 bridgehead atoms. The SMILES string of the molecule is Cc1ccc(C[C@@H](NC(=O)c2ccc(I)cc2NS(=O)(=O)c2cccc3nccnc23)C(=O)O)cc1. The number of carbonyl (C=O) groups excluding carboxylic acids is 1. The third-order valence-corrected chi connectivity index (χ3v) is 7.45. The number of anilines is 1. The van der Waals surface area contributed by atoms with Gasteiger partial charge in [0.15, 0.2) is 0 Å². The number of rotatable bonds is 8. The van der Waals surface area contributed by atoms with Crippen LogP contribution in [0.1, 0.15) is 21.5 Å². The second-order valence-corrected chi connectivity index (χ2v) is 10.9. The van der Waals surface area contributed by atoms with Gasteiger partial charge in [0, 0.05) is 22.4 Å². The number of nitrogens with one attached hydrogen (secondary N) is 2. The molecule has 0 aliphatic carbocycles. The van der Waals surface area contributed by atoms with Crippen LogP contribution in [-0.2, 0) is 21.2 Å². The van der Waals surface area contributed by atoms with E-state index in [9.17, 15) is 23.1 Å². The normalized spacial score (nSPS) is 12.2. The molecule has 4 rings (SSSR count). The van der Waals surface area contributed by atoms with Gasteiger partial charge in [-0.2, -0.15) is 0 Å². The number of para-hydroxylation sites is 1. The minimum absolute atomic E-state index is 0.0135. The van der Waals surface area contributed by atoms with E-state index >= 15 is 0 Å². The molecule has 4 aromatic rings. The Kier molecular flexibility index (Phi) is 7.50. The minimum atomic E-state index is -4.16. The van der Waals surface area contributed by atoms with Crippen LogP contribution in [0.15, 0.2) is 78.0 Å². The van der Waals surface area contributed by atoms with Crippen molar-refractivity contribution in [2.75, 3.05) is 4.72 Å². The predicted octanol–water partition coefficient (Wildman–Crippen LogP) is 3.77. The van der Waals surface area contributed by atoms with Gasteiger partial charge in [-0.15, -0.1) is 0 Å². The molecule has 184 valence electrons. The van der Waals surface area contributed by atoms with Crippen molar-refractivity contribution < 1.29 is 23.1 Å². The van der Waals surface area contributed by atoms with Crippen LogP contribution in [0, 0.1) is 10.5 Å². The number of hydrogen-bond acceptors (Lipinski definition) is 6. The number of aromatic nitrogens is 2. The Morgan fingerprint density at radius 2 is 1.75 bits per heavy atom. The number of aliphatic carboxylic acids is 1. The molecule has 0 fully saturated rings. The third kappa shape index (κ3) is 5.79. The predicted molar refractivity (Wildman–Crippen MR) is 143 cm³/mol. The van der Waals surface area contributed by atoms with Gasteiger partial charge in [-0.1, -0.05) is 35.9 Å². The number of nitrogens with zero attached hydrogens (tertiary/aromatic N) is 2. The number of benzene rings is 3. The lowest BCUT2D eigenvalue weighted by Crippen LogP contribution is -2.42. The third-order valence-electron chi connectivity index (χ3n) is 5.39. The zero-order chi connectivity index (χ0) is 25.9. The molecule has 36 heavy (non-hydrogen) atoms. The van der Waals surface area contributed by atoms with Crippen molar-refractivity contribution >= 4 is 61.2 Å². The molecule has 1 aromatic heterocycles. The molecular weight excluding hydrogens is 595 g/mol. The topological polar surface area (TPSA) is 138 Å². The fourth-order valence-electron chi connectivity index (χ4n) is 3.58. The van der Waals surface area contributed by atoms with Crippen molar-refractivity contribution in [3.63, 3.8) is 0 Å². The largest absolute Gasteiger partial charge is 0.480 e. The van der Waals surface area contributed by atoms with Gasteiger partial charge in [0.2, 0.25) is 0 Å². The van der Waals surface area contributed by atoms with Gasteiger partial charge < -0.3 is 10.4 Å². The first-order valence-electron chi connectivity index (χ1n) is 10.8. The molecular formula is C25H21IN4O5S. The second kappa shape index (κ2) is 10.6. The van der Waals surface area contributed by atoms with Crippen molar-refractivity contribution in [1.29, 1.82) is 0 Å². The van der Waals surface area contributed by atoms with Gasteiger partial charge in [0.05, 0.1) is 16.8 Å². The van der Waals surface area contributed by atoms with Crippen LogP contribution in [0.2, 0.25) is 0 Å². The highest BCUT2D eigenvalue weighted by molar-refractivity contribution is 14.1. The summed E-state index contributed by atoms with van der Waals surface area (Å²) in [5, 5.41) is 12.2. The molecule has 0 saturated heterocycles. The van der Waals surface area contributed by atoms with Crippen LogP contribution in [0.4, 0.5) is 5.69 Å². The van der Waals surface area contributed by atoms with E-state index in [1.807, 2.05) is 41.6 Å². The van der Waals surface area contributed by atoms with E-state index in [4.69, 9.17) is 0 Å². The van der Waals surface area contributed by atoms with E-state index in [0.29, 0.717) is 9.09 Å². The van der Waals surface area contributed by atoms with E-state index in [1.165, 1.54) is 30.6 Å². The maximum absolute atomic E-state index is 13.3. The maximum atomic E-state index is 13.3. The smallest absolute Gasteiger partial charge is 0.326 e. The van der Waals surface area contributed by atoms with Crippen molar-refractivity contribution in [2.24, 2.45) is 0 Å². The first-order valence-corrected chi connectivity index (χ1v) is 13.3. The fourth-order valence-corrected chi connectivity index (χ4v) is 5.31. The van der Waals surface area contributed by atoms with E-state index < -0.39 is 27.9 Å². The van der Waals surface area contributed by atoms with Crippen LogP contribution < -0.4 is 10.0 Å². The quantitative estimate of drug-likeness (QED) is 0.256. The molecule has 1 atom stereocenters. The van der Waals surface area contributed by atoms with Crippen LogP contribution in [0.25, 0.3) is 11.0 Å². The molecule has 0 radical (unpaired) electrons. The first-order chi connectivity index (χ1) is 17.1. The van der Waals surface area contributed by atoms with Gasteiger partial charge >= 0.3 is 5.97 Å². The van der Waals surface area contributed by atoms with E-state index in [-0.39, 0.29) is 28.1 Å². The number of sulfonamides is 1. The average Bonchev–Trinajstić information content (AvgIpc) is 2.84. The molecule has 3 aromatic carbocycles. The standard InChI is InChI=1S/C25H21IN4O5S/c1-15-5-7-16(8-6-15)13-21(25(32)33)29-24(31)18-10-9-17(26)14-20(18)30-36(34,35)22-4-2-3-19-23(22)28-12-11-27-19/h2-12,14,21,30H,13H2,1H3,(H,29,31)(H,32,33)/t21-/m1/s1. The van der Waals surface area contributed by atoms with Crippen molar-refractivity contribution in [3.05, 3.63) is 93.3 Å². The lowest BCUT2D eigenvalue weighted by molar-refractivity contribution is -0.139. The van der Waals surface area contributed by atoms with Gasteiger partial charge in [-0.05, 0) is 65.4 Å². The highest BCUT2D eigenvalue weighted by Gasteiger charge is 2.25. The number of hydrogen-bond donors (Lipinski definition) is 3. The molecule has 0 saturated carbocycles. The van der Waals surface area contributed by atoms with Crippen molar-refractivity contribution in [3.8, 4) is 0 Å². The molecule has 9 nitrogen and oxygen atoms in total. The molecule has 0 unspecified atom stereocenters. The summed E-state index contributed by atoms with van der Waals surface area (Å²) in [5.74, 6) is -1.92. The highest BCUT2D eigenvalue weighted by atomic mass is 127. The van der Waals surface area contributed by atoms with Crippen LogP contribution in [0.5, 0.6) is 0 Å². The van der Waals surface area contributed by atoms with Crippen molar-refractivity contribution in [1.82, 2.24) is 15.3 Å². The van der Waals surface area contributed by atoms with E-state index in [0.717, 1.165) is 11.1 Å². The minimum Gasteiger partial charge on any atom is -0.480 e. The summed E-state index contributed by atoms with van der Waals surface area (Å²) in [4.78, 5) is 33.2. The zero-order valence-corrected chi connectivity index (χ0v) is 21.9. The zero-order valence-electron chi connectivity index (χ0n) is 19.0. The summed E-state index contributed by atoms with van der Waals surface area (Å²) in [6, 6.07) is 15.3. The van der Waals surface area contributed by atoms with E-state index in [2.05, 4.69) is 20.0 Å². The number of carboxylic acid groups (broad SMARTS) is 1. The van der Waals surface area contributed by atoms with Gasteiger partial charge in [-0.25, -0.2) is 13.2 Å². The molecule has 11 heteroatoms. The summed E-state index contributed by atoms with van der Waals surface area (Å²) in [6.45, 7) is 1.92. The summed E-state index contributed by atoms with van der Waals surface area (Å²) in [6.07, 6.45) is 2.93. The number of carbonyl (C=O) groups is 2. The fraction of sp³-hybridized carbons (Fsp3) is 0.120. The van der Waals surface area contributed by atoms with Crippen molar-refractivity contribution in [2.45, 2.75) is 24.3 Å². The lowest BCUT2D eigenvalue weighted by Gasteiger charge is -2.17. The molecule has 1 amide bonds. The molecule has 0 spiro atoms. The number of aryl methyl sites for hydroxylation is 1.